The third-order valence-corrected chi connectivity index (χ3v) is 0.413. The Labute approximate surface area is 37.3 Å². The number of hydrogen-bond acceptors (Lipinski definition) is 2. The topological polar surface area (TPSA) is 46.2 Å². The Morgan fingerprint density at radius 1 is 2.00 bits per heavy atom. The van der Waals surface area contributed by atoms with Gasteiger partial charge in [-0.2, -0.15) is 0 Å². The van der Waals surface area contributed by atoms with Crippen molar-refractivity contribution in [2.45, 2.75) is 6.92 Å². The molecule has 0 aromatic carbocycles. The van der Waals surface area contributed by atoms with Gasteiger partial charge in [-0.3, -0.25) is 0 Å². The summed E-state index contributed by atoms with van der Waals surface area (Å²) in [4.78, 5) is 0. The summed E-state index contributed by atoms with van der Waals surface area (Å²) in [5.74, 6) is 0.289. The van der Waals surface area contributed by atoms with Gasteiger partial charge in [0.25, 0.3) is 0 Å². The zero-order valence-corrected chi connectivity index (χ0v) is 3.81. The predicted octanol–water partition coefficient (Wildman–Crippen LogP) is 0.407. The predicted molar refractivity (Wildman–Crippen MR) is 25.4 cm³/mol. The zero-order chi connectivity index (χ0) is 4.99. The first kappa shape index (κ1) is 5.50. The lowest BCUT2D eigenvalue weighted by Gasteiger charge is -1.80. The van der Waals surface area contributed by atoms with E-state index in [4.69, 9.17) is 10.8 Å². The summed E-state index contributed by atoms with van der Waals surface area (Å²) >= 11 is 0. The second kappa shape index (κ2) is 2.72. The molecular weight excluding hydrogens is 78.0 g/mol. The lowest BCUT2D eigenvalue weighted by Crippen LogP contribution is -1.93. The van der Waals surface area contributed by atoms with Gasteiger partial charge < -0.3 is 10.8 Å². The van der Waals surface area contributed by atoms with Crippen LogP contribution in [0.3, 0.4) is 0 Å². The molecule has 0 aliphatic heterocycles. The summed E-state index contributed by atoms with van der Waals surface area (Å²) in [5, 5.41) is 8.33. The molecule has 0 unspecified atom stereocenters. The molecule has 0 aromatic rings. The summed E-state index contributed by atoms with van der Waals surface area (Å²) in [7, 11) is 0. The minimum atomic E-state index is 0.289. The van der Waals surface area contributed by atoms with Gasteiger partial charge in [-0.05, 0) is 13.0 Å². The Balaban J connectivity index is 3.14. The van der Waals surface area contributed by atoms with E-state index in [2.05, 4.69) is 0 Å². The third kappa shape index (κ3) is 3.50. The van der Waals surface area contributed by atoms with E-state index in [1.807, 2.05) is 0 Å². The fourth-order valence-electron chi connectivity index (χ4n) is 0.171. The van der Waals surface area contributed by atoms with Crippen LogP contribution in [0.4, 0.5) is 0 Å². The van der Waals surface area contributed by atoms with Crippen LogP contribution < -0.4 is 5.73 Å². The van der Waals surface area contributed by atoms with Crippen LogP contribution in [0.5, 0.6) is 0 Å². The Kier molecular flexibility index (Phi) is 2.50. The normalized spacial score (nSPS) is 12.0. The molecule has 0 radical (unpaired) electrons. The van der Waals surface area contributed by atoms with Crippen LogP contribution >= 0.6 is 0 Å². The van der Waals surface area contributed by atoms with Gasteiger partial charge in [0.15, 0.2) is 0 Å². The van der Waals surface area contributed by atoms with Crippen LogP contribution in [0.25, 0.3) is 0 Å². The molecule has 36 valence electrons. The van der Waals surface area contributed by atoms with Crippen molar-refractivity contribution < 1.29 is 5.11 Å². The van der Waals surface area contributed by atoms with Gasteiger partial charge in [0.05, 0.1) is 5.76 Å². The highest BCUT2D eigenvalue weighted by Gasteiger charge is 1.70. The summed E-state index contributed by atoms with van der Waals surface area (Å²) in [5.41, 5.74) is 4.99. The fraction of sp³-hybridized carbons (Fsp3) is 0.500. The molecule has 0 heterocycles. The van der Waals surface area contributed by atoms with Crippen molar-refractivity contribution in [3.05, 3.63) is 11.8 Å². The van der Waals surface area contributed by atoms with Gasteiger partial charge in [0.2, 0.25) is 0 Å². The zero-order valence-electron chi connectivity index (χ0n) is 3.81. The average Bonchev–Trinajstić information content (AvgIpc) is 1.35. The van der Waals surface area contributed by atoms with E-state index in [1.54, 1.807) is 13.0 Å². The number of nitrogens with two attached hydrogens (primary N) is 1. The second-order valence-corrected chi connectivity index (χ2v) is 1.08. The molecule has 2 nitrogen and oxygen atoms in total. The first-order chi connectivity index (χ1) is 2.77. The summed E-state index contributed by atoms with van der Waals surface area (Å²) < 4.78 is 0. The quantitative estimate of drug-likeness (QED) is 0.455. The average molecular weight is 87.1 g/mol. The SMILES string of the molecule is C/C(O)=C\CN. The number of aliphatic hydroxyl groups excluding tert-OH is 1. The fourth-order valence-corrected chi connectivity index (χ4v) is 0.171. The molecule has 0 aromatic heterocycles. The van der Waals surface area contributed by atoms with Crippen LogP contribution in [0.2, 0.25) is 0 Å². The molecule has 0 aliphatic carbocycles. The Hall–Kier alpha value is -0.500. The highest BCUT2D eigenvalue weighted by molar-refractivity contribution is 4.85. The van der Waals surface area contributed by atoms with Crippen LogP contribution in [0.1, 0.15) is 6.92 Å². The summed E-state index contributed by atoms with van der Waals surface area (Å²) in [6.07, 6.45) is 1.54. The first-order valence-electron chi connectivity index (χ1n) is 1.83. The number of hydrogen-bond donors (Lipinski definition) is 2. The number of aliphatic hydroxyl groups is 1. The third-order valence-electron chi connectivity index (χ3n) is 0.413. The maximum atomic E-state index is 8.33. The standard InChI is InChI=1S/C4H9NO/c1-4(6)2-3-5/h2,6H,3,5H2,1H3/b4-2+. The maximum absolute atomic E-state index is 8.33. The number of allylic oxidation sites excluding steroid dienone is 1. The second-order valence-electron chi connectivity index (χ2n) is 1.08. The minimum absolute atomic E-state index is 0.289. The Morgan fingerprint density at radius 2 is 2.50 bits per heavy atom. The molecule has 0 spiro atoms. The van der Waals surface area contributed by atoms with Crippen molar-refractivity contribution in [3.8, 4) is 0 Å². The Morgan fingerprint density at radius 3 is 2.50 bits per heavy atom. The van der Waals surface area contributed by atoms with E-state index in [0.29, 0.717) is 6.54 Å². The van der Waals surface area contributed by atoms with E-state index in [1.165, 1.54) is 0 Å². The minimum Gasteiger partial charge on any atom is -0.513 e. The lowest BCUT2D eigenvalue weighted by molar-refractivity contribution is 0.412. The smallest absolute Gasteiger partial charge is 0.0864 e. The van der Waals surface area contributed by atoms with Crippen molar-refractivity contribution >= 4 is 0 Å². The van der Waals surface area contributed by atoms with Gasteiger partial charge in [-0.15, -0.1) is 0 Å². The largest absolute Gasteiger partial charge is 0.513 e. The van der Waals surface area contributed by atoms with Crippen molar-refractivity contribution in [2.75, 3.05) is 6.54 Å². The number of rotatable bonds is 1. The van der Waals surface area contributed by atoms with Crippen LogP contribution in [-0.4, -0.2) is 11.7 Å². The highest BCUT2D eigenvalue weighted by Crippen LogP contribution is 1.77. The van der Waals surface area contributed by atoms with Gasteiger partial charge in [0.1, 0.15) is 0 Å². The molecule has 0 saturated carbocycles. The molecule has 6 heavy (non-hydrogen) atoms. The van der Waals surface area contributed by atoms with Gasteiger partial charge >= 0.3 is 0 Å². The van der Waals surface area contributed by atoms with Crippen molar-refractivity contribution in [1.29, 1.82) is 0 Å². The molecule has 0 rings (SSSR count). The van der Waals surface area contributed by atoms with E-state index >= 15 is 0 Å². The molecule has 2 heteroatoms. The van der Waals surface area contributed by atoms with E-state index in [-0.39, 0.29) is 5.76 Å². The van der Waals surface area contributed by atoms with E-state index in [9.17, 15) is 0 Å². The Bertz CT molecular complexity index is 54.6. The summed E-state index contributed by atoms with van der Waals surface area (Å²) in [6, 6.07) is 0. The van der Waals surface area contributed by atoms with Gasteiger partial charge in [-0.25, -0.2) is 0 Å². The molecule has 0 amide bonds. The lowest BCUT2D eigenvalue weighted by atomic mass is 10.5. The molecule has 0 aliphatic rings. The molecule has 0 bridgehead atoms. The molecule has 0 saturated heterocycles. The van der Waals surface area contributed by atoms with E-state index in [0.717, 1.165) is 0 Å². The van der Waals surface area contributed by atoms with Crippen molar-refractivity contribution in [3.63, 3.8) is 0 Å². The van der Waals surface area contributed by atoms with Crippen molar-refractivity contribution in [2.24, 2.45) is 5.73 Å². The van der Waals surface area contributed by atoms with Gasteiger partial charge in [-0.1, -0.05) is 0 Å². The molecular formula is C4H9NO. The van der Waals surface area contributed by atoms with Crippen LogP contribution in [-0.2, 0) is 0 Å². The van der Waals surface area contributed by atoms with Gasteiger partial charge in [0, 0.05) is 6.54 Å². The molecule has 3 N–H and O–H groups in total. The maximum Gasteiger partial charge on any atom is 0.0864 e. The monoisotopic (exact) mass is 87.1 g/mol. The van der Waals surface area contributed by atoms with Crippen molar-refractivity contribution in [1.82, 2.24) is 0 Å². The van der Waals surface area contributed by atoms with Crippen LogP contribution in [0, 0.1) is 0 Å². The van der Waals surface area contributed by atoms with Crippen LogP contribution in [0.15, 0.2) is 11.8 Å². The summed E-state index contributed by atoms with van der Waals surface area (Å²) in [6.45, 7) is 2.01. The highest BCUT2D eigenvalue weighted by atomic mass is 16.3. The molecule has 0 atom stereocenters. The van der Waals surface area contributed by atoms with E-state index < -0.39 is 0 Å². The molecule has 0 fully saturated rings. The first-order valence-corrected chi connectivity index (χ1v) is 1.83.